The summed E-state index contributed by atoms with van der Waals surface area (Å²) in [5.74, 6) is -0.157. The van der Waals surface area contributed by atoms with Gasteiger partial charge in [0, 0.05) is 24.3 Å². The number of rotatable bonds is 3. The smallest absolute Gasteiger partial charge is 0.253 e. The summed E-state index contributed by atoms with van der Waals surface area (Å²) >= 11 is 0. The number of likely N-dealkylation sites (tertiary alicyclic amines) is 1. The number of anilines is 1. The first kappa shape index (κ1) is 18.2. The number of carbonyl (C=O) groups is 2. The van der Waals surface area contributed by atoms with Crippen LogP contribution in [0, 0.1) is 26.7 Å². The van der Waals surface area contributed by atoms with Crippen molar-refractivity contribution in [2.24, 2.45) is 5.92 Å². The van der Waals surface area contributed by atoms with E-state index in [1.807, 2.05) is 68.1 Å². The lowest BCUT2D eigenvalue weighted by Gasteiger charge is -2.32. The Balaban J connectivity index is 1.69. The zero-order chi connectivity index (χ0) is 18.7. The highest BCUT2D eigenvalue weighted by atomic mass is 16.2. The second kappa shape index (κ2) is 7.73. The molecule has 1 atom stereocenters. The minimum atomic E-state index is -0.169. The van der Waals surface area contributed by atoms with E-state index in [2.05, 4.69) is 5.32 Å². The van der Waals surface area contributed by atoms with E-state index in [4.69, 9.17) is 0 Å². The number of piperidine rings is 1. The average molecular weight is 350 g/mol. The van der Waals surface area contributed by atoms with Gasteiger partial charge in [-0.15, -0.1) is 0 Å². The summed E-state index contributed by atoms with van der Waals surface area (Å²) in [6, 6.07) is 13.6. The molecule has 1 heterocycles. The fourth-order valence-electron chi connectivity index (χ4n) is 3.49. The van der Waals surface area contributed by atoms with E-state index in [1.165, 1.54) is 0 Å². The molecule has 1 aliphatic heterocycles. The van der Waals surface area contributed by atoms with Crippen LogP contribution in [0.4, 0.5) is 5.69 Å². The number of amides is 2. The topological polar surface area (TPSA) is 49.4 Å². The number of aryl methyl sites for hydroxylation is 3. The van der Waals surface area contributed by atoms with E-state index in [9.17, 15) is 9.59 Å². The van der Waals surface area contributed by atoms with Crippen LogP contribution in [0.2, 0.25) is 0 Å². The molecule has 2 amide bonds. The summed E-state index contributed by atoms with van der Waals surface area (Å²) in [6.07, 6.45) is 1.66. The summed E-state index contributed by atoms with van der Waals surface area (Å²) in [7, 11) is 0. The van der Waals surface area contributed by atoms with Gasteiger partial charge in [-0.1, -0.05) is 35.9 Å². The minimum Gasteiger partial charge on any atom is -0.338 e. The predicted molar refractivity (Wildman–Crippen MR) is 104 cm³/mol. The normalized spacial score (nSPS) is 17.0. The monoisotopic (exact) mass is 350 g/mol. The number of nitrogens with zero attached hydrogens (tertiary/aromatic N) is 1. The molecule has 1 N–H and O–H groups in total. The van der Waals surface area contributed by atoms with Gasteiger partial charge in [-0.25, -0.2) is 0 Å². The maximum absolute atomic E-state index is 12.8. The highest BCUT2D eigenvalue weighted by Crippen LogP contribution is 2.24. The molecule has 0 aromatic heterocycles. The number of hydrogen-bond donors (Lipinski definition) is 1. The van der Waals surface area contributed by atoms with Crippen molar-refractivity contribution in [3.63, 3.8) is 0 Å². The van der Waals surface area contributed by atoms with Crippen molar-refractivity contribution in [2.75, 3.05) is 18.4 Å². The maximum atomic E-state index is 12.8. The van der Waals surface area contributed by atoms with Crippen LogP contribution in [0.25, 0.3) is 0 Å². The molecular weight excluding hydrogens is 324 g/mol. The van der Waals surface area contributed by atoms with Crippen molar-refractivity contribution >= 4 is 17.5 Å². The van der Waals surface area contributed by atoms with E-state index < -0.39 is 0 Å². The van der Waals surface area contributed by atoms with Gasteiger partial charge in [-0.2, -0.15) is 0 Å². The SMILES string of the molecule is Cc1ccc(C(=O)N2CCCC(C(=O)Nc3c(C)cccc3C)C2)cc1. The average Bonchev–Trinajstić information content (AvgIpc) is 2.65. The summed E-state index contributed by atoms with van der Waals surface area (Å²) in [5.41, 5.74) is 4.82. The van der Waals surface area contributed by atoms with Gasteiger partial charge in [0.2, 0.25) is 5.91 Å². The Bertz CT molecular complexity index is 791. The van der Waals surface area contributed by atoms with E-state index in [-0.39, 0.29) is 17.7 Å². The second-order valence-corrected chi connectivity index (χ2v) is 7.21. The number of nitrogens with one attached hydrogen (secondary N) is 1. The molecule has 0 radical (unpaired) electrons. The van der Waals surface area contributed by atoms with Crippen LogP contribution in [-0.2, 0) is 4.79 Å². The van der Waals surface area contributed by atoms with E-state index in [1.54, 1.807) is 0 Å². The molecule has 1 unspecified atom stereocenters. The lowest BCUT2D eigenvalue weighted by Crippen LogP contribution is -2.43. The Morgan fingerprint density at radius 2 is 1.65 bits per heavy atom. The van der Waals surface area contributed by atoms with Gasteiger partial charge in [0.05, 0.1) is 5.92 Å². The summed E-state index contributed by atoms with van der Waals surface area (Å²) in [4.78, 5) is 27.3. The third-order valence-corrected chi connectivity index (χ3v) is 5.11. The van der Waals surface area contributed by atoms with Crippen LogP contribution in [0.3, 0.4) is 0 Å². The van der Waals surface area contributed by atoms with Gasteiger partial charge >= 0.3 is 0 Å². The van der Waals surface area contributed by atoms with Gasteiger partial charge in [-0.3, -0.25) is 9.59 Å². The Labute approximate surface area is 155 Å². The minimum absolute atomic E-state index is 0.00352. The molecule has 1 aliphatic rings. The zero-order valence-electron chi connectivity index (χ0n) is 15.7. The van der Waals surface area contributed by atoms with Gasteiger partial charge in [0.1, 0.15) is 0 Å². The molecule has 1 saturated heterocycles. The molecule has 136 valence electrons. The molecule has 0 aliphatic carbocycles. The van der Waals surface area contributed by atoms with Crippen molar-refractivity contribution < 1.29 is 9.59 Å². The van der Waals surface area contributed by atoms with Crippen molar-refractivity contribution in [1.29, 1.82) is 0 Å². The van der Waals surface area contributed by atoms with Gasteiger partial charge < -0.3 is 10.2 Å². The van der Waals surface area contributed by atoms with Gasteiger partial charge in [0.25, 0.3) is 5.91 Å². The summed E-state index contributed by atoms with van der Waals surface area (Å²) < 4.78 is 0. The first-order valence-corrected chi connectivity index (χ1v) is 9.18. The van der Waals surface area contributed by atoms with Gasteiger partial charge in [0.15, 0.2) is 0 Å². The Kier molecular flexibility index (Phi) is 5.40. The molecule has 0 spiro atoms. The number of benzene rings is 2. The van der Waals surface area contributed by atoms with Crippen LogP contribution in [0.15, 0.2) is 42.5 Å². The Hall–Kier alpha value is -2.62. The molecule has 2 aromatic carbocycles. The largest absolute Gasteiger partial charge is 0.338 e. The van der Waals surface area contributed by atoms with E-state index in [0.717, 1.165) is 35.2 Å². The van der Waals surface area contributed by atoms with Crippen LogP contribution in [0.1, 0.15) is 39.9 Å². The zero-order valence-corrected chi connectivity index (χ0v) is 15.7. The van der Waals surface area contributed by atoms with Crippen molar-refractivity contribution in [3.8, 4) is 0 Å². The molecule has 2 aromatic rings. The third kappa shape index (κ3) is 3.96. The summed E-state index contributed by atoms with van der Waals surface area (Å²) in [6.45, 7) is 7.18. The standard InChI is InChI=1S/C22H26N2O2/c1-15-9-11-18(12-10-15)22(26)24-13-5-8-19(14-24)21(25)23-20-16(2)6-4-7-17(20)3/h4,6-7,9-12,19H,5,8,13-14H2,1-3H3,(H,23,25). The first-order chi connectivity index (χ1) is 12.5. The lowest BCUT2D eigenvalue weighted by atomic mass is 9.96. The maximum Gasteiger partial charge on any atom is 0.253 e. The summed E-state index contributed by atoms with van der Waals surface area (Å²) in [5, 5.41) is 3.08. The molecule has 26 heavy (non-hydrogen) atoms. The molecule has 4 nitrogen and oxygen atoms in total. The predicted octanol–water partition coefficient (Wildman–Crippen LogP) is 4.10. The molecule has 1 fully saturated rings. The molecule has 4 heteroatoms. The van der Waals surface area contributed by atoms with Crippen molar-refractivity contribution in [2.45, 2.75) is 33.6 Å². The molecular formula is C22H26N2O2. The lowest BCUT2D eigenvalue weighted by molar-refractivity contribution is -0.121. The Morgan fingerprint density at radius 3 is 2.31 bits per heavy atom. The molecule has 3 rings (SSSR count). The number of para-hydroxylation sites is 1. The fraction of sp³-hybridized carbons (Fsp3) is 0.364. The van der Waals surface area contributed by atoms with Crippen molar-refractivity contribution in [3.05, 3.63) is 64.7 Å². The quantitative estimate of drug-likeness (QED) is 0.906. The van der Waals surface area contributed by atoms with Crippen molar-refractivity contribution in [1.82, 2.24) is 4.90 Å². The number of carbonyl (C=O) groups excluding carboxylic acids is 2. The highest BCUT2D eigenvalue weighted by Gasteiger charge is 2.29. The first-order valence-electron chi connectivity index (χ1n) is 9.18. The fourth-order valence-corrected chi connectivity index (χ4v) is 3.49. The third-order valence-electron chi connectivity index (χ3n) is 5.11. The van der Waals surface area contributed by atoms with Crippen LogP contribution >= 0.6 is 0 Å². The van der Waals surface area contributed by atoms with Crippen LogP contribution < -0.4 is 5.32 Å². The Morgan fingerprint density at radius 1 is 1.00 bits per heavy atom. The van der Waals surface area contributed by atoms with Crippen LogP contribution in [0.5, 0.6) is 0 Å². The molecule has 0 bridgehead atoms. The van der Waals surface area contributed by atoms with E-state index >= 15 is 0 Å². The van der Waals surface area contributed by atoms with Crippen LogP contribution in [-0.4, -0.2) is 29.8 Å². The van der Waals surface area contributed by atoms with E-state index in [0.29, 0.717) is 18.7 Å². The highest BCUT2D eigenvalue weighted by molar-refractivity contribution is 5.97. The second-order valence-electron chi connectivity index (χ2n) is 7.21. The molecule has 0 saturated carbocycles. The van der Waals surface area contributed by atoms with Gasteiger partial charge in [-0.05, 0) is 56.9 Å². The number of hydrogen-bond acceptors (Lipinski definition) is 2.